The summed E-state index contributed by atoms with van der Waals surface area (Å²) in [5, 5.41) is 13.3. The number of carbonyl (C=O) groups excluding carboxylic acids is 1. The highest BCUT2D eigenvalue weighted by Crippen LogP contribution is 2.20. The Morgan fingerprint density at radius 2 is 1.93 bits per heavy atom. The van der Waals surface area contributed by atoms with E-state index in [0.29, 0.717) is 5.69 Å². The van der Waals surface area contributed by atoms with Crippen LogP contribution in [-0.4, -0.2) is 59.2 Å². The minimum atomic E-state index is -0.492. The summed E-state index contributed by atoms with van der Waals surface area (Å²) >= 11 is 3.39. The van der Waals surface area contributed by atoms with Gasteiger partial charge in [-0.15, -0.1) is 5.10 Å². The minimum Gasteiger partial charge on any atom is -0.399 e. The molecule has 1 saturated heterocycles. The Morgan fingerprint density at radius 3 is 2.66 bits per heavy atom. The molecule has 0 spiro atoms. The first-order valence-corrected chi connectivity index (χ1v) is 9.93. The number of benzene rings is 1. The summed E-state index contributed by atoms with van der Waals surface area (Å²) < 4.78 is 6.31. The van der Waals surface area contributed by atoms with Crippen LogP contribution in [0.5, 0.6) is 0 Å². The first-order chi connectivity index (χ1) is 14.1. The van der Waals surface area contributed by atoms with Crippen molar-refractivity contribution in [2.75, 3.05) is 48.8 Å². The highest BCUT2D eigenvalue weighted by molar-refractivity contribution is 9.10. The van der Waals surface area contributed by atoms with Crippen molar-refractivity contribution in [3.63, 3.8) is 0 Å². The molecule has 0 bridgehead atoms. The summed E-state index contributed by atoms with van der Waals surface area (Å²) in [6.45, 7) is 3.89. The van der Waals surface area contributed by atoms with Crippen LogP contribution in [0.2, 0.25) is 0 Å². The number of likely N-dealkylation sites (N-methyl/N-ethyl adjacent to an activating group) is 1. The average molecular weight is 458 g/mol. The number of pyridine rings is 1. The highest BCUT2D eigenvalue weighted by atomic mass is 79.9. The second-order valence-corrected chi connectivity index (χ2v) is 7.61. The van der Waals surface area contributed by atoms with Crippen LogP contribution in [0.3, 0.4) is 0 Å². The van der Waals surface area contributed by atoms with E-state index in [2.05, 4.69) is 58.6 Å². The molecule has 150 valence electrons. The van der Waals surface area contributed by atoms with Gasteiger partial charge in [0.15, 0.2) is 0 Å². The van der Waals surface area contributed by atoms with E-state index in [9.17, 15) is 4.79 Å². The van der Waals surface area contributed by atoms with Crippen LogP contribution in [0, 0.1) is 0 Å². The molecule has 4 rings (SSSR count). The van der Waals surface area contributed by atoms with Crippen molar-refractivity contribution < 1.29 is 9.21 Å². The smallest absolute Gasteiger partial charge is 0.320 e. The molecule has 10 heteroatoms. The van der Waals surface area contributed by atoms with E-state index in [1.165, 1.54) is 0 Å². The van der Waals surface area contributed by atoms with Crippen molar-refractivity contribution in [2.24, 2.45) is 0 Å². The zero-order valence-corrected chi connectivity index (χ0v) is 17.4. The second kappa shape index (κ2) is 8.58. The SMILES string of the molecule is CN1CCN(c2ccc(NC(=O)c3nnc(Nc4cccc(Br)c4)o3)cn2)CC1. The predicted molar refractivity (Wildman–Crippen MR) is 114 cm³/mol. The van der Waals surface area contributed by atoms with Gasteiger partial charge in [0.05, 0.1) is 11.9 Å². The van der Waals surface area contributed by atoms with E-state index in [1.54, 1.807) is 6.20 Å². The van der Waals surface area contributed by atoms with Crippen LogP contribution >= 0.6 is 15.9 Å². The van der Waals surface area contributed by atoms with Gasteiger partial charge in [-0.25, -0.2) is 4.98 Å². The number of anilines is 4. The molecule has 2 aromatic heterocycles. The molecule has 0 radical (unpaired) electrons. The van der Waals surface area contributed by atoms with Crippen LogP contribution in [-0.2, 0) is 0 Å². The number of halogens is 1. The maximum absolute atomic E-state index is 12.4. The van der Waals surface area contributed by atoms with Crippen LogP contribution < -0.4 is 15.5 Å². The monoisotopic (exact) mass is 457 g/mol. The molecule has 0 aliphatic carbocycles. The summed E-state index contributed by atoms with van der Waals surface area (Å²) in [7, 11) is 2.11. The number of rotatable bonds is 5. The molecule has 9 nitrogen and oxygen atoms in total. The molecule has 3 aromatic rings. The topological polar surface area (TPSA) is 99.4 Å². The van der Waals surface area contributed by atoms with E-state index >= 15 is 0 Å². The van der Waals surface area contributed by atoms with Gasteiger partial charge in [-0.05, 0) is 37.4 Å². The van der Waals surface area contributed by atoms with Gasteiger partial charge >= 0.3 is 17.8 Å². The maximum Gasteiger partial charge on any atom is 0.320 e. The largest absolute Gasteiger partial charge is 0.399 e. The van der Waals surface area contributed by atoms with Crippen molar-refractivity contribution in [3.05, 3.63) is 53.0 Å². The van der Waals surface area contributed by atoms with Crippen LogP contribution in [0.25, 0.3) is 0 Å². The zero-order valence-electron chi connectivity index (χ0n) is 15.8. The normalized spacial score (nSPS) is 14.6. The van der Waals surface area contributed by atoms with Gasteiger partial charge in [0, 0.05) is 36.3 Å². The van der Waals surface area contributed by atoms with Crippen LogP contribution in [0.15, 0.2) is 51.5 Å². The molecule has 29 heavy (non-hydrogen) atoms. The fourth-order valence-electron chi connectivity index (χ4n) is 2.92. The third-order valence-electron chi connectivity index (χ3n) is 4.53. The van der Waals surface area contributed by atoms with Crippen molar-refractivity contribution in [1.29, 1.82) is 0 Å². The fraction of sp³-hybridized carbons (Fsp3) is 0.263. The first kappa shape index (κ1) is 19.3. The van der Waals surface area contributed by atoms with Crippen LogP contribution in [0.1, 0.15) is 10.7 Å². The van der Waals surface area contributed by atoms with Crippen LogP contribution in [0.4, 0.5) is 23.2 Å². The van der Waals surface area contributed by atoms with E-state index in [1.807, 2.05) is 36.4 Å². The number of amides is 1. The summed E-state index contributed by atoms with van der Waals surface area (Å²) in [5.41, 5.74) is 1.33. The maximum atomic E-state index is 12.4. The number of nitrogens with zero attached hydrogens (tertiary/aromatic N) is 5. The van der Waals surface area contributed by atoms with E-state index < -0.39 is 5.91 Å². The lowest BCUT2D eigenvalue weighted by atomic mass is 10.3. The predicted octanol–water partition coefficient (Wildman–Crippen LogP) is 2.97. The summed E-state index contributed by atoms with van der Waals surface area (Å²) in [5.74, 6) is 0.272. The summed E-state index contributed by atoms with van der Waals surface area (Å²) in [6, 6.07) is 11.3. The number of aromatic nitrogens is 3. The van der Waals surface area contributed by atoms with Crippen molar-refractivity contribution in [1.82, 2.24) is 20.1 Å². The molecule has 0 saturated carbocycles. The molecular weight excluding hydrogens is 438 g/mol. The molecule has 3 heterocycles. The lowest BCUT2D eigenvalue weighted by molar-refractivity contribution is 0.0991. The molecular formula is C19H20BrN7O2. The van der Waals surface area contributed by atoms with E-state index in [0.717, 1.165) is 42.2 Å². The molecule has 1 amide bonds. The average Bonchev–Trinajstić information content (AvgIpc) is 3.18. The third-order valence-corrected chi connectivity index (χ3v) is 5.02. The Balaban J connectivity index is 1.36. The van der Waals surface area contributed by atoms with Gasteiger partial charge in [0.1, 0.15) is 5.82 Å². The van der Waals surface area contributed by atoms with Gasteiger partial charge in [0.2, 0.25) is 0 Å². The lowest BCUT2D eigenvalue weighted by Gasteiger charge is -2.33. The molecule has 1 aliphatic rings. The number of hydrogen-bond acceptors (Lipinski definition) is 8. The Kier molecular flexibility index (Phi) is 5.72. The van der Waals surface area contributed by atoms with Gasteiger partial charge in [-0.2, -0.15) is 0 Å². The molecule has 1 fully saturated rings. The Hall–Kier alpha value is -2.98. The van der Waals surface area contributed by atoms with Gasteiger partial charge in [-0.1, -0.05) is 27.1 Å². The Morgan fingerprint density at radius 1 is 1.10 bits per heavy atom. The Labute approximate surface area is 176 Å². The number of piperazine rings is 1. The number of hydrogen-bond donors (Lipinski definition) is 2. The highest BCUT2D eigenvalue weighted by Gasteiger charge is 2.17. The number of carbonyl (C=O) groups is 1. The summed E-state index contributed by atoms with van der Waals surface area (Å²) in [4.78, 5) is 21.3. The second-order valence-electron chi connectivity index (χ2n) is 6.70. The van der Waals surface area contributed by atoms with Gasteiger partial charge in [0.25, 0.3) is 0 Å². The van der Waals surface area contributed by atoms with Crippen molar-refractivity contribution in [3.8, 4) is 0 Å². The van der Waals surface area contributed by atoms with Crippen molar-refractivity contribution >= 4 is 45.0 Å². The van der Waals surface area contributed by atoms with E-state index in [4.69, 9.17) is 4.42 Å². The van der Waals surface area contributed by atoms with Gasteiger partial charge in [-0.3, -0.25) is 4.79 Å². The minimum absolute atomic E-state index is 0.134. The van der Waals surface area contributed by atoms with Crippen molar-refractivity contribution in [2.45, 2.75) is 0 Å². The molecule has 2 N–H and O–H groups in total. The number of nitrogens with one attached hydrogen (secondary N) is 2. The third kappa shape index (κ3) is 4.90. The molecule has 1 aromatic carbocycles. The fourth-order valence-corrected chi connectivity index (χ4v) is 3.32. The molecule has 0 atom stereocenters. The summed E-state index contributed by atoms with van der Waals surface area (Å²) in [6.07, 6.45) is 1.63. The quantitative estimate of drug-likeness (QED) is 0.602. The lowest BCUT2D eigenvalue weighted by Crippen LogP contribution is -2.44. The Bertz CT molecular complexity index is 984. The zero-order chi connectivity index (χ0) is 20.2. The standard InChI is InChI=1S/C19H20BrN7O2/c1-26-7-9-27(10-8-26)16-6-5-15(12-21-16)22-17(28)18-24-25-19(29-18)23-14-4-2-3-13(20)11-14/h2-6,11-12H,7-10H2,1H3,(H,22,28)(H,23,25). The van der Waals surface area contributed by atoms with E-state index in [-0.39, 0.29) is 11.9 Å². The first-order valence-electron chi connectivity index (χ1n) is 9.14. The molecule has 0 unspecified atom stereocenters. The van der Waals surface area contributed by atoms with Gasteiger partial charge < -0.3 is 24.9 Å². The molecule has 1 aliphatic heterocycles.